The number of aryl methyl sites for hydroxylation is 1. The lowest BCUT2D eigenvalue weighted by atomic mass is 10.1. The van der Waals surface area contributed by atoms with Gasteiger partial charge in [-0.2, -0.15) is 0 Å². The third kappa shape index (κ3) is 3.38. The summed E-state index contributed by atoms with van der Waals surface area (Å²) in [6, 6.07) is 15.5. The van der Waals surface area contributed by atoms with E-state index in [0.29, 0.717) is 11.3 Å². The zero-order chi connectivity index (χ0) is 17.1. The van der Waals surface area contributed by atoms with Crippen LogP contribution < -0.4 is 5.32 Å². The minimum atomic E-state index is -0.464. The molecule has 0 fully saturated rings. The number of aromatic nitrogens is 1. The SMILES string of the molecule is Cc1ccc2cccc(NC(=O)Cc3ccc([N+](=O)[O-])cc3)c2n1. The summed E-state index contributed by atoms with van der Waals surface area (Å²) >= 11 is 0. The number of nitro groups is 1. The average Bonchev–Trinajstić information content (AvgIpc) is 2.56. The monoisotopic (exact) mass is 321 g/mol. The highest BCUT2D eigenvalue weighted by Gasteiger charge is 2.10. The topological polar surface area (TPSA) is 85.1 Å². The molecular formula is C18H15N3O3. The maximum absolute atomic E-state index is 12.3. The number of carbonyl (C=O) groups is 1. The van der Waals surface area contributed by atoms with Gasteiger partial charge in [-0.05, 0) is 24.6 Å². The Morgan fingerprint density at radius 1 is 1.12 bits per heavy atom. The molecule has 0 spiro atoms. The Bertz CT molecular complexity index is 920. The molecule has 24 heavy (non-hydrogen) atoms. The molecule has 1 heterocycles. The number of nitro benzene ring substituents is 1. The first kappa shape index (κ1) is 15.6. The zero-order valence-electron chi connectivity index (χ0n) is 13.0. The molecule has 0 saturated heterocycles. The second kappa shape index (κ2) is 6.45. The lowest BCUT2D eigenvalue weighted by Gasteiger charge is -2.09. The predicted octanol–water partition coefficient (Wildman–Crippen LogP) is 3.63. The van der Waals surface area contributed by atoms with Crippen LogP contribution >= 0.6 is 0 Å². The summed E-state index contributed by atoms with van der Waals surface area (Å²) < 4.78 is 0. The molecule has 0 aliphatic heterocycles. The number of amides is 1. The summed E-state index contributed by atoms with van der Waals surface area (Å²) in [4.78, 5) is 26.9. The van der Waals surface area contributed by atoms with Crippen LogP contribution in [0.25, 0.3) is 10.9 Å². The quantitative estimate of drug-likeness (QED) is 0.587. The van der Waals surface area contributed by atoms with Gasteiger partial charge in [-0.15, -0.1) is 0 Å². The van der Waals surface area contributed by atoms with E-state index in [9.17, 15) is 14.9 Å². The molecule has 3 aromatic rings. The normalized spacial score (nSPS) is 10.5. The molecule has 1 aromatic heterocycles. The number of fused-ring (bicyclic) bond motifs is 1. The largest absolute Gasteiger partial charge is 0.324 e. The van der Waals surface area contributed by atoms with Crippen molar-refractivity contribution in [3.63, 3.8) is 0 Å². The highest BCUT2D eigenvalue weighted by atomic mass is 16.6. The smallest absolute Gasteiger partial charge is 0.269 e. The van der Waals surface area contributed by atoms with Crippen LogP contribution in [0.15, 0.2) is 54.6 Å². The molecule has 6 nitrogen and oxygen atoms in total. The summed E-state index contributed by atoms with van der Waals surface area (Å²) in [6.45, 7) is 1.90. The van der Waals surface area contributed by atoms with Crippen LogP contribution in [0.2, 0.25) is 0 Å². The lowest BCUT2D eigenvalue weighted by Crippen LogP contribution is -2.14. The van der Waals surface area contributed by atoms with E-state index >= 15 is 0 Å². The fourth-order valence-electron chi connectivity index (χ4n) is 2.46. The van der Waals surface area contributed by atoms with Crippen LogP contribution in [0.5, 0.6) is 0 Å². The highest BCUT2D eigenvalue weighted by Crippen LogP contribution is 2.22. The number of benzene rings is 2. The molecule has 2 aromatic carbocycles. The van der Waals surface area contributed by atoms with Crippen LogP contribution in [0.4, 0.5) is 11.4 Å². The predicted molar refractivity (Wildman–Crippen MR) is 91.9 cm³/mol. The number of hydrogen-bond acceptors (Lipinski definition) is 4. The Labute approximate surface area is 138 Å². The number of nitrogens with one attached hydrogen (secondary N) is 1. The average molecular weight is 321 g/mol. The number of anilines is 1. The lowest BCUT2D eigenvalue weighted by molar-refractivity contribution is -0.384. The van der Waals surface area contributed by atoms with E-state index in [1.165, 1.54) is 12.1 Å². The van der Waals surface area contributed by atoms with Crippen LogP contribution in [0.3, 0.4) is 0 Å². The van der Waals surface area contributed by atoms with Crippen molar-refractivity contribution in [2.45, 2.75) is 13.3 Å². The van der Waals surface area contributed by atoms with Gasteiger partial charge in [-0.1, -0.05) is 30.3 Å². The number of hydrogen-bond donors (Lipinski definition) is 1. The molecular weight excluding hydrogens is 306 g/mol. The first-order valence-corrected chi connectivity index (χ1v) is 7.42. The minimum Gasteiger partial charge on any atom is -0.324 e. The Hall–Kier alpha value is -3.28. The first-order chi connectivity index (χ1) is 11.5. The van der Waals surface area contributed by atoms with E-state index in [0.717, 1.165) is 16.6 Å². The molecule has 1 N–H and O–H groups in total. The minimum absolute atomic E-state index is 0.00730. The van der Waals surface area contributed by atoms with E-state index < -0.39 is 4.92 Å². The van der Waals surface area contributed by atoms with Crippen molar-refractivity contribution in [2.75, 3.05) is 5.32 Å². The van der Waals surface area contributed by atoms with Crippen molar-refractivity contribution < 1.29 is 9.72 Å². The Balaban J connectivity index is 1.77. The summed E-state index contributed by atoms with van der Waals surface area (Å²) in [5.74, 6) is -0.195. The maximum Gasteiger partial charge on any atom is 0.269 e. The van der Waals surface area contributed by atoms with Gasteiger partial charge in [0.1, 0.15) is 0 Å². The van der Waals surface area contributed by atoms with E-state index in [4.69, 9.17) is 0 Å². The standard InChI is InChI=1S/C18H15N3O3/c1-12-5-8-14-3-2-4-16(18(14)19-12)20-17(22)11-13-6-9-15(10-7-13)21(23)24/h2-10H,11H2,1H3,(H,20,22). The Morgan fingerprint density at radius 3 is 2.58 bits per heavy atom. The van der Waals surface area contributed by atoms with Crippen molar-refractivity contribution in [2.24, 2.45) is 0 Å². The van der Waals surface area contributed by atoms with Gasteiger partial charge < -0.3 is 5.32 Å². The van der Waals surface area contributed by atoms with Crippen LogP contribution in [0, 0.1) is 17.0 Å². The zero-order valence-corrected chi connectivity index (χ0v) is 13.0. The third-order valence-corrected chi connectivity index (χ3v) is 3.65. The van der Waals surface area contributed by atoms with Crippen molar-refractivity contribution in [3.05, 3.63) is 76.0 Å². The molecule has 3 rings (SSSR count). The van der Waals surface area contributed by atoms with Crippen molar-refractivity contribution in [3.8, 4) is 0 Å². The van der Waals surface area contributed by atoms with Gasteiger partial charge in [0, 0.05) is 23.2 Å². The van der Waals surface area contributed by atoms with Crippen molar-refractivity contribution >= 4 is 28.2 Å². The summed E-state index contributed by atoms with van der Waals surface area (Å²) in [5, 5.41) is 14.5. The molecule has 120 valence electrons. The molecule has 0 radical (unpaired) electrons. The van der Waals surface area contributed by atoms with Gasteiger partial charge in [-0.3, -0.25) is 19.9 Å². The fraction of sp³-hybridized carbons (Fsp3) is 0.111. The van der Waals surface area contributed by atoms with Crippen LogP contribution in [-0.2, 0) is 11.2 Å². The maximum atomic E-state index is 12.3. The number of carbonyl (C=O) groups excluding carboxylic acids is 1. The van der Waals surface area contributed by atoms with Gasteiger partial charge in [0.15, 0.2) is 0 Å². The van der Waals surface area contributed by atoms with Gasteiger partial charge in [-0.25, -0.2) is 0 Å². The molecule has 0 atom stereocenters. The van der Waals surface area contributed by atoms with Gasteiger partial charge in [0.25, 0.3) is 5.69 Å². The van der Waals surface area contributed by atoms with Crippen LogP contribution in [-0.4, -0.2) is 15.8 Å². The molecule has 0 aliphatic rings. The van der Waals surface area contributed by atoms with E-state index in [-0.39, 0.29) is 18.0 Å². The van der Waals surface area contributed by atoms with E-state index in [1.807, 2.05) is 37.3 Å². The molecule has 0 unspecified atom stereocenters. The summed E-state index contributed by atoms with van der Waals surface area (Å²) in [6.07, 6.45) is 0.139. The van der Waals surface area contributed by atoms with Gasteiger partial charge in [0.05, 0.1) is 22.5 Å². The Kier molecular flexibility index (Phi) is 4.20. The Morgan fingerprint density at radius 2 is 1.88 bits per heavy atom. The third-order valence-electron chi connectivity index (χ3n) is 3.65. The number of nitrogens with zero attached hydrogens (tertiary/aromatic N) is 2. The van der Waals surface area contributed by atoms with Gasteiger partial charge in [0.2, 0.25) is 5.91 Å². The molecule has 0 bridgehead atoms. The molecule has 0 saturated carbocycles. The summed E-state index contributed by atoms with van der Waals surface area (Å²) in [5.41, 5.74) is 2.99. The first-order valence-electron chi connectivity index (χ1n) is 7.42. The van der Waals surface area contributed by atoms with Crippen LogP contribution in [0.1, 0.15) is 11.3 Å². The van der Waals surface area contributed by atoms with Crippen molar-refractivity contribution in [1.29, 1.82) is 0 Å². The highest BCUT2D eigenvalue weighted by molar-refractivity contribution is 6.00. The fourth-order valence-corrected chi connectivity index (χ4v) is 2.46. The number of rotatable bonds is 4. The second-order valence-electron chi connectivity index (χ2n) is 5.48. The number of pyridine rings is 1. The van der Waals surface area contributed by atoms with Gasteiger partial charge >= 0.3 is 0 Å². The molecule has 1 amide bonds. The van der Waals surface area contributed by atoms with E-state index in [2.05, 4.69) is 10.3 Å². The second-order valence-corrected chi connectivity index (χ2v) is 5.48. The van der Waals surface area contributed by atoms with E-state index in [1.54, 1.807) is 12.1 Å². The molecule has 0 aliphatic carbocycles. The summed E-state index contributed by atoms with van der Waals surface area (Å²) in [7, 11) is 0. The molecule has 6 heteroatoms. The number of para-hydroxylation sites is 1. The van der Waals surface area contributed by atoms with Crippen molar-refractivity contribution in [1.82, 2.24) is 4.98 Å². The number of non-ortho nitro benzene ring substituents is 1.